The van der Waals surface area contributed by atoms with E-state index in [1.807, 2.05) is 4.68 Å². The van der Waals surface area contributed by atoms with Gasteiger partial charge in [-0.05, 0) is 31.0 Å². The van der Waals surface area contributed by atoms with Gasteiger partial charge in [0, 0.05) is 11.8 Å². The van der Waals surface area contributed by atoms with Crippen LogP contribution < -0.4 is 10.6 Å². The van der Waals surface area contributed by atoms with Crippen LogP contribution in [0.5, 0.6) is 0 Å². The number of hydrogen-bond acceptors (Lipinski definition) is 3. The van der Waals surface area contributed by atoms with Crippen LogP contribution in [0.25, 0.3) is 0 Å². The zero-order valence-electron chi connectivity index (χ0n) is 12.6. The second-order valence-corrected chi connectivity index (χ2v) is 6.04. The second-order valence-electron chi connectivity index (χ2n) is 5.63. The lowest BCUT2D eigenvalue weighted by molar-refractivity contribution is -0.114. The van der Waals surface area contributed by atoms with Crippen LogP contribution in [-0.4, -0.2) is 22.2 Å². The van der Waals surface area contributed by atoms with E-state index < -0.39 is 5.82 Å². The fourth-order valence-corrected chi connectivity index (χ4v) is 3.01. The Labute approximate surface area is 138 Å². The summed E-state index contributed by atoms with van der Waals surface area (Å²) in [5.41, 5.74) is 0.593. The summed E-state index contributed by atoms with van der Waals surface area (Å²) in [4.78, 5) is 12.1. The van der Waals surface area contributed by atoms with Crippen molar-refractivity contribution in [2.24, 2.45) is 0 Å². The average molecular weight is 337 g/mol. The largest absolute Gasteiger partial charge is 0.376 e. The number of carbonyl (C=O) groups is 1. The van der Waals surface area contributed by atoms with Crippen molar-refractivity contribution >= 4 is 29.0 Å². The minimum absolute atomic E-state index is 0.0229. The number of aromatic nitrogens is 2. The molecular weight excluding hydrogens is 319 g/mol. The predicted octanol–water partition coefficient (Wildman–Crippen LogP) is 3.84. The van der Waals surface area contributed by atoms with Gasteiger partial charge in [0.1, 0.15) is 11.6 Å². The third kappa shape index (κ3) is 3.82. The van der Waals surface area contributed by atoms with E-state index >= 15 is 0 Å². The minimum Gasteiger partial charge on any atom is -0.376 e. The standard InChI is InChI=1S/C16H18ClFN4O/c17-13-9-11(5-6-14(13)18)19-10-16(23)21-15-7-8-20-22(15)12-3-1-2-4-12/h5-9,12,19H,1-4,10H2,(H,21,23). The highest BCUT2D eigenvalue weighted by Crippen LogP contribution is 2.31. The van der Waals surface area contributed by atoms with Crippen LogP contribution >= 0.6 is 11.6 Å². The lowest BCUT2D eigenvalue weighted by Gasteiger charge is -2.15. The van der Waals surface area contributed by atoms with Crippen molar-refractivity contribution in [3.63, 3.8) is 0 Å². The van der Waals surface area contributed by atoms with Gasteiger partial charge in [-0.2, -0.15) is 5.10 Å². The molecule has 1 amide bonds. The summed E-state index contributed by atoms with van der Waals surface area (Å²) in [5, 5.41) is 10.1. The number of carbonyl (C=O) groups excluding carboxylic acids is 1. The van der Waals surface area contributed by atoms with E-state index in [4.69, 9.17) is 11.6 Å². The second kappa shape index (κ2) is 7.00. The molecule has 1 aromatic carbocycles. The molecule has 1 aliphatic carbocycles. The van der Waals surface area contributed by atoms with E-state index in [0.717, 1.165) is 12.8 Å². The first-order valence-corrected chi connectivity index (χ1v) is 8.03. The topological polar surface area (TPSA) is 59.0 Å². The van der Waals surface area contributed by atoms with E-state index in [1.165, 1.54) is 31.0 Å². The fourth-order valence-electron chi connectivity index (χ4n) is 2.83. The van der Waals surface area contributed by atoms with Gasteiger partial charge < -0.3 is 10.6 Å². The van der Waals surface area contributed by atoms with Crippen molar-refractivity contribution in [1.82, 2.24) is 9.78 Å². The zero-order valence-corrected chi connectivity index (χ0v) is 13.3. The summed E-state index contributed by atoms with van der Waals surface area (Å²) in [7, 11) is 0. The van der Waals surface area contributed by atoms with Gasteiger partial charge in [0.05, 0.1) is 23.8 Å². The summed E-state index contributed by atoms with van der Waals surface area (Å²) >= 11 is 5.71. The number of amides is 1. The molecule has 0 radical (unpaired) electrons. The molecule has 1 aromatic heterocycles. The van der Waals surface area contributed by atoms with E-state index in [2.05, 4.69) is 15.7 Å². The van der Waals surface area contributed by atoms with Gasteiger partial charge in [0.2, 0.25) is 5.91 Å². The molecule has 1 heterocycles. The number of halogens is 2. The van der Waals surface area contributed by atoms with Crippen molar-refractivity contribution in [3.8, 4) is 0 Å². The molecule has 0 spiro atoms. The normalized spacial score (nSPS) is 14.9. The monoisotopic (exact) mass is 336 g/mol. The quantitative estimate of drug-likeness (QED) is 0.872. The highest BCUT2D eigenvalue weighted by molar-refractivity contribution is 6.31. The lowest BCUT2D eigenvalue weighted by atomic mass is 10.2. The predicted molar refractivity (Wildman–Crippen MR) is 88.3 cm³/mol. The first-order valence-electron chi connectivity index (χ1n) is 7.66. The molecule has 0 atom stereocenters. The van der Waals surface area contributed by atoms with E-state index in [-0.39, 0.29) is 17.5 Å². The Kier molecular flexibility index (Phi) is 4.81. The van der Waals surface area contributed by atoms with Crippen LogP contribution in [0.15, 0.2) is 30.5 Å². The van der Waals surface area contributed by atoms with Crippen LogP contribution in [0.1, 0.15) is 31.7 Å². The van der Waals surface area contributed by atoms with Crippen LogP contribution in [-0.2, 0) is 4.79 Å². The van der Waals surface area contributed by atoms with Gasteiger partial charge in [-0.25, -0.2) is 9.07 Å². The molecule has 1 fully saturated rings. The van der Waals surface area contributed by atoms with Gasteiger partial charge in [0.15, 0.2) is 0 Å². The van der Waals surface area contributed by atoms with E-state index in [0.29, 0.717) is 17.5 Å². The molecule has 122 valence electrons. The lowest BCUT2D eigenvalue weighted by Crippen LogP contribution is -2.24. The van der Waals surface area contributed by atoms with Crippen molar-refractivity contribution < 1.29 is 9.18 Å². The Bertz CT molecular complexity index is 697. The maximum absolute atomic E-state index is 13.1. The van der Waals surface area contributed by atoms with Crippen molar-refractivity contribution in [3.05, 3.63) is 41.3 Å². The molecule has 3 rings (SSSR count). The highest BCUT2D eigenvalue weighted by atomic mass is 35.5. The van der Waals surface area contributed by atoms with E-state index in [1.54, 1.807) is 12.3 Å². The maximum Gasteiger partial charge on any atom is 0.244 e. The molecular formula is C16H18ClFN4O. The fraction of sp³-hybridized carbons (Fsp3) is 0.375. The third-order valence-corrected chi connectivity index (χ3v) is 4.27. The molecule has 0 bridgehead atoms. The molecule has 0 saturated heterocycles. The van der Waals surface area contributed by atoms with Gasteiger partial charge >= 0.3 is 0 Å². The smallest absolute Gasteiger partial charge is 0.244 e. The van der Waals surface area contributed by atoms with Gasteiger partial charge in [-0.3, -0.25) is 4.79 Å². The van der Waals surface area contributed by atoms with Gasteiger partial charge in [0.25, 0.3) is 0 Å². The molecule has 1 aliphatic rings. The summed E-state index contributed by atoms with van der Waals surface area (Å²) in [6.45, 7) is 0.0673. The minimum atomic E-state index is -0.484. The SMILES string of the molecule is O=C(CNc1ccc(F)c(Cl)c1)Nc1ccnn1C1CCCC1. The van der Waals surface area contributed by atoms with Gasteiger partial charge in [-0.1, -0.05) is 24.4 Å². The highest BCUT2D eigenvalue weighted by Gasteiger charge is 2.20. The number of hydrogen-bond donors (Lipinski definition) is 2. The molecule has 23 heavy (non-hydrogen) atoms. The van der Waals surface area contributed by atoms with Crippen LogP contribution in [0, 0.1) is 5.82 Å². The number of benzene rings is 1. The molecule has 2 N–H and O–H groups in total. The van der Waals surface area contributed by atoms with Crippen molar-refractivity contribution in [2.75, 3.05) is 17.2 Å². The Morgan fingerprint density at radius 1 is 1.35 bits per heavy atom. The molecule has 0 aliphatic heterocycles. The average Bonchev–Trinajstić information content (AvgIpc) is 3.19. The van der Waals surface area contributed by atoms with Crippen molar-refractivity contribution in [1.29, 1.82) is 0 Å². The first-order chi connectivity index (χ1) is 11.1. The summed E-state index contributed by atoms with van der Waals surface area (Å²) in [6, 6.07) is 6.41. The Balaban J connectivity index is 1.57. The number of nitrogens with zero attached hydrogens (tertiary/aromatic N) is 2. The first kappa shape index (κ1) is 15.8. The molecule has 2 aromatic rings. The molecule has 7 heteroatoms. The summed E-state index contributed by atoms with van der Waals surface area (Å²) < 4.78 is 15.0. The van der Waals surface area contributed by atoms with Crippen LogP contribution in [0.4, 0.5) is 15.9 Å². The summed E-state index contributed by atoms with van der Waals surface area (Å²) in [5.74, 6) is 0.0353. The number of rotatable bonds is 5. The molecule has 5 nitrogen and oxygen atoms in total. The van der Waals surface area contributed by atoms with E-state index in [9.17, 15) is 9.18 Å². The Hall–Kier alpha value is -2.08. The number of anilines is 2. The van der Waals surface area contributed by atoms with Gasteiger partial charge in [-0.15, -0.1) is 0 Å². The zero-order chi connectivity index (χ0) is 16.2. The van der Waals surface area contributed by atoms with Crippen LogP contribution in [0.2, 0.25) is 5.02 Å². The molecule has 1 saturated carbocycles. The van der Waals surface area contributed by atoms with Crippen LogP contribution in [0.3, 0.4) is 0 Å². The number of nitrogens with one attached hydrogen (secondary N) is 2. The summed E-state index contributed by atoms with van der Waals surface area (Å²) in [6.07, 6.45) is 6.28. The maximum atomic E-state index is 13.1. The van der Waals surface area contributed by atoms with Crippen molar-refractivity contribution in [2.45, 2.75) is 31.7 Å². The third-order valence-electron chi connectivity index (χ3n) is 3.98. The Morgan fingerprint density at radius 3 is 2.87 bits per heavy atom. The molecule has 0 unspecified atom stereocenters. The Morgan fingerprint density at radius 2 is 2.13 bits per heavy atom.